The molecule has 0 aliphatic heterocycles. The van der Waals surface area contributed by atoms with Gasteiger partial charge in [0, 0.05) is 24.3 Å². The third-order valence-corrected chi connectivity index (χ3v) is 4.17. The first-order valence-electron chi connectivity index (χ1n) is 9.04. The monoisotopic (exact) mass is 387 g/mol. The first-order valence-corrected chi connectivity index (χ1v) is 9.04. The number of ether oxygens (including phenoxy) is 1. The summed E-state index contributed by atoms with van der Waals surface area (Å²) < 4.78 is 10.2. The van der Waals surface area contributed by atoms with Crippen molar-refractivity contribution in [3.8, 4) is 0 Å². The number of hydrogen-bond donors (Lipinski definition) is 2. The Morgan fingerprint density at radius 3 is 2.21 bits per heavy atom. The maximum atomic E-state index is 12.1. The molecular weight excluding hydrogens is 362 g/mol. The number of carbonyl (C=O) groups excluding carboxylic acids is 3. The zero-order valence-corrected chi connectivity index (χ0v) is 16.5. The summed E-state index contributed by atoms with van der Waals surface area (Å²) in [6.45, 7) is 8.67. The number of carbonyl (C=O) groups is 3. The van der Waals surface area contributed by atoms with Gasteiger partial charge < -0.3 is 14.1 Å². The van der Waals surface area contributed by atoms with Crippen molar-refractivity contribution in [3.63, 3.8) is 0 Å². The summed E-state index contributed by atoms with van der Waals surface area (Å²) in [4.78, 5) is 38.0. The lowest BCUT2D eigenvalue weighted by atomic mass is 10.2. The molecule has 2 N–H and O–H groups in total. The number of aryl methyl sites for hydroxylation is 2. The lowest BCUT2D eigenvalue weighted by Gasteiger charge is -2.21. The molecule has 1 aromatic heterocycles. The van der Waals surface area contributed by atoms with Crippen LogP contribution in [-0.2, 0) is 9.53 Å². The fourth-order valence-corrected chi connectivity index (χ4v) is 2.69. The van der Waals surface area contributed by atoms with Crippen molar-refractivity contribution in [2.75, 3.05) is 24.6 Å². The highest BCUT2D eigenvalue weighted by molar-refractivity contribution is 5.96. The van der Waals surface area contributed by atoms with Crippen molar-refractivity contribution < 1.29 is 23.5 Å². The molecule has 0 saturated heterocycles. The zero-order valence-electron chi connectivity index (χ0n) is 16.5. The van der Waals surface area contributed by atoms with Crippen LogP contribution in [0.3, 0.4) is 0 Å². The highest BCUT2D eigenvalue weighted by Crippen LogP contribution is 2.15. The number of hydrazine groups is 1. The number of anilines is 1. The van der Waals surface area contributed by atoms with Crippen LogP contribution in [-0.4, -0.2) is 37.5 Å². The summed E-state index contributed by atoms with van der Waals surface area (Å²) in [5.74, 6) is -0.785. The number of hydrogen-bond acceptors (Lipinski definition) is 6. The van der Waals surface area contributed by atoms with Gasteiger partial charge >= 0.3 is 5.97 Å². The normalized spacial score (nSPS) is 10.3. The molecule has 8 heteroatoms. The van der Waals surface area contributed by atoms with Crippen LogP contribution >= 0.6 is 0 Å². The summed E-state index contributed by atoms with van der Waals surface area (Å²) in [5, 5.41) is 0. The van der Waals surface area contributed by atoms with E-state index in [4.69, 9.17) is 9.15 Å². The average molecular weight is 387 g/mol. The topological polar surface area (TPSA) is 101 Å². The van der Waals surface area contributed by atoms with E-state index in [0.29, 0.717) is 17.1 Å². The second-order valence-corrected chi connectivity index (χ2v) is 6.12. The van der Waals surface area contributed by atoms with Crippen molar-refractivity contribution in [2.24, 2.45) is 0 Å². The van der Waals surface area contributed by atoms with Gasteiger partial charge in [0.25, 0.3) is 11.8 Å². The van der Waals surface area contributed by atoms with E-state index in [1.54, 1.807) is 32.0 Å². The van der Waals surface area contributed by atoms with Crippen LogP contribution in [0, 0.1) is 13.8 Å². The lowest BCUT2D eigenvalue weighted by molar-refractivity contribution is -0.125. The molecule has 0 aliphatic rings. The SMILES string of the molecule is CCN(CC)c1ccc(C(=O)NNC(=O)COC(=O)c2cc(C)oc2C)cc1. The highest BCUT2D eigenvalue weighted by Gasteiger charge is 2.16. The Morgan fingerprint density at radius 2 is 1.68 bits per heavy atom. The Bertz CT molecular complexity index is 838. The minimum Gasteiger partial charge on any atom is -0.466 e. The first-order chi connectivity index (χ1) is 13.3. The molecule has 150 valence electrons. The molecule has 2 aromatic rings. The highest BCUT2D eigenvalue weighted by atomic mass is 16.5. The number of amides is 2. The minimum atomic E-state index is -0.664. The molecular formula is C20H25N3O5. The molecule has 8 nitrogen and oxygen atoms in total. The quantitative estimate of drug-likeness (QED) is 0.559. The van der Waals surface area contributed by atoms with Gasteiger partial charge in [-0.25, -0.2) is 4.79 Å². The van der Waals surface area contributed by atoms with Crippen molar-refractivity contribution in [1.82, 2.24) is 10.9 Å². The maximum Gasteiger partial charge on any atom is 0.342 e. The van der Waals surface area contributed by atoms with E-state index in [0.717, 1.165) is 18.8 Å². The summed E-state index contributed by atoms with van der Waals surface area (Å²) in [7, 11) is 0. The largest absolute Gasteiger partial charge is 0.466 e. The summed E-state index contributed by atoms with van der Waals surface area (Å²) in [5.41, 5.74) is 6.19. The van der Waals surface area contributed by atoms with E-state index in [2.05, 4.69) is 29.6 Å². The average Bonchev–Trinajstić information content (AvgIpc) is 3.03. The Kier molecular flexibility index (Phi) is 7.20. The van der Waals surface area contributed by atoms with Crippen LogP contribution in [0.1, 0.15) is 46.1 Å². The van der Waals surface area contributed by atoms with Gasteiger partial charge in [-0.2, -0.15) is 0 Å². The van der Waals surface area contributed by atoms with E-state index >= 15 is 0 Å². The van der Waals surface area contributed by atoms with Crippen LogP contribution in [0.5, 0.6) is 0 Å². The lowest BCUT2D eigenvalue weighted by Crippen LogP contribution is -2.43. The van der Waals surface area contributed by atoms with Crippen LogP contribution in [0.4, 0.5) is 5.69 Å². The molecule has 0 spiro atoms. The van der Waals surface area contributed by atoms with Gasteiger partial charge in [-0.05, 0) is 58.0 Å². The van der Waals surface area contributed by atoms with Gasteiger partial charge in [-0.3, -0.25) is 20.4 Å². The Hall–Kier alpha value is -3.29. The fourth-order valence-electron chi connectivity index (χ4n) is 2.69. The van der Waals surface area contributed by atoms with Crippen molar-refractivity contribution in [1.29, 1.82) is 0 Å². The summed E-state index contributed by atoms with van der Waals surface area (Å²) >= 11 is 0. The molecule has 0 radical (unpaired) electrons. The molecule has 0 fully saturated rings. The molecule has 0 aliphatic carbocycles. The predicted octanol–water partition coefficient (Wildman–Crippen LogP) is 2.36. The van der Waals surface area contributed by atoms with E-state index in [-0.39, 0.29) is 5.56 Å². The predicted molar refractivity (Wildman–Crippen MR) is 104 cm³/mol. The molecule has 0 saturated carbocycles. The van der Waals surface area contributed by atoms with Gasteiger partial charge in [0.05, 0.1) is 0 Å². The second kappa shape index (κ2) is 9.59. The Balaban J connectivity index is 1.81. The number of rotatable bonds is 7. The third kappa shape index (κ3) is 5.35. The third-order valence-electron chi connectivity index (χ3n) is 4.17. The smallest absolute Gasteiger partial charge is 0.342 e. The maximum absolute atomic E-state index is 12.1. The molecule has 2 amide bonds. The van der Waals surface area contributed by atoms with Crippen molar-refractivity contribution in [2.45, 2.75) is 27.7 Å². The van der Waals surface area contributed by atoms with Gasteiger partial charge in [-0.15, -0.1) is 0 Å². The summed E-state index contributed by atoms with van der Waals surface area (Å²) in [6, 6.07) is 8.60. The van der Waals surface area contributed by atoms with E-state index in [9.17, 15) is 14.4 Å². The van der Waals surface area contributed by atoms with Crippen LogP contribution in [0.2, 0.25) is 0 Å². The molecule has 1 aromatic carbocycles. The fraction of sp³-hybridized carbons (Fsp3) is 0.350. The van der Waals surface area contributed by atoms with Gasteiger partial charge in [0.15, 0.2) is 6.61 Å². The van der Waals surface area contributed by atoms with Gasteiger partial charge in [-0.1, -0.05) is 0 Å². The van der Waals surface area contributed by atoms with Gasteiger partial charge in [0.2, 0.25) is 0 Å². The van der Waals surface area contributed by atoms with E-state index in [1.165, 1.54) is 0 Å². The number of benzene rings is 1. The van der Waals surface area contributed by atoms with Crippen LogP contribution in [0.15, 0.2) is 34.7 Å². The number of nitrogens with one attached hydrogen (secondary N) is 2. The van der Waals surface area contributed by atoms with Gasteiger partial charge in [0.1, 0.15) is 17.1 Å². The van der Waals surface area contributed by atoms with Crippen molar-refractivity contribution >= 4 is 23.5 Å². The van der Waals surface area contributed by atoms with E-state index in [1.807, 2.05) is 12.1 Å². The van der Waals surface area contributed by atoms with Crippen molar-refractivity contribution in [3.05, 3.63) is 53.0 Å². The Morgan fingerprint density at radius 1 is 1.04 bits per heavy atom. The molecule has 0 unspecified atom stereocenters. The number of esters is 1. The number of nitrogens with zero attached hydrogens (tertiary/aromatic N) is 1. The first kappa shape index (κ1) is 21.0. The minimum absolute atomic E-state index is 0.266. The molecule has 1 heterocycles. The van der Waals surface area contributed by atoms with E-state index < -0.39 is 24.4 Å². The number of furan rings is 1. The molecule has 0 atom stereocenters. The van der Waals surface area contributed by atoms with Crippen LogP contribution in [0.25, 0.3) is 0 Å². The Labute approximate surface area is 163 Å². The molecule has 0 bridgehead atoms. The molecule has 2 rings (SSSR count). The summed E-state index contributed by atoms with van der Waals surface area (Å²) in [6.07, 6.45) is 0. The molecule has 28 heavy (non-hydrogen) atoms. The van der Waals surface area contributed by atoms with Crippen LogP contribution < -0.4 is 15.8 Å². The second-order valence-electron chi connectivity index (χ2n) is 6.12. The standard InChI is InChI=1S/C20H25N3O5/c1-5-23(6-2)16-9-7-15(8-10-16)19(25)22-21-18(24)12-27-20(26)17-11-13(3)28-14(17)4/h7-11H,5-6,12H2,1-4H3,(H,21,24)(H,22,25). The zero-order chi connectivity index (χ0) is 20.7.